The van der Waals surface area contributed by atoms with Crippen LogP contribution >= 0.6 is 0 Å². The van der Waals surface area contributed by atoms with Gasteiger partial charge < -0.3 is 0 Å². The molecule has 0 heterocycles. The van der Waals surface area contributed by atoms with Crippen molar-refractivity contribution < 1.29 is 0 Å². The molecule has 0 spiro atoms. The van der Waals surface area contributed by atoms with E-state index >= 15 is 0 Å². The molecule has 0 nitrogen and oxygen atoms in total. The van der Waals surface area contributed by atoms with Crippen LogP contribution in [0.5, 0.6) is 0 Å². The Labute approximate surface area is 83.4 Å². The predicted octanol–water partition coefficient (Wildman–Crippen LogP) is 4.56. The number of allylic oxidation sites excluding steroid dienone is 2. The lowest BCUT2D eigenvalue weighted by Crippen LogP contribution is -2.08. The molecular weight excluding hydrogens is 156 g/mol. The maximum absolute atomic E-state index is 2.51. The third kappa shape index (κ3) is 3.97. The summed E-state index contributed by atoms with van der Waals surface area (Å²) in [5.41, 5.74) is 1.72. The van der Waals surface area contributed by atoms with Crippen molar-refractivity contribution in [3.8, 4) is 0 Å². The topological polar surface area (TPSA) is 0 Å². The molecule has 1 rings (SSSR count). The van der Waals surface area contributed by atoms with Crippen LogP contribution in [0.4, 0.5) is 0 Å². The maximum atomic E-state index is 2.51. The Bertz CT molecular complexity index is 165. The SMILES string of the molecule is CCCC1=CCC(CC(C)C)CC1. The summed E-state index contributed by atoms with van der Waals surface area (Å²) in [6.45, 7) is 6.96. The lowest BCUT2D eigenvalue weighted by atomic mass is 9.83. The summed E-state index contributed by atoms with van der Waals surface area (Å²) in [7, 11) is 0. The molecule has 0 N–H and O–H groups in total. The molecule has 0 aliphatic heterocycles. The molecule has 0 saturated carbocycles. The summed E-state index contributed by atoms with van der Waals surface area (Å²) < 4.78 is 0. The van der Waals surface area contributed by atoms with E-state index < -0.39 is 0 Å². The summed E-state index contributed by atoms with van der Waals surface area (Å²) in [5.74, 6) is 1.87. The van der Waals surface area contributed by atoms with Gasteiger partial charge >= 0.3 is 0 Å². The molecule has 1 aliphatic carbocycles. The van der Waals surface area contributed by atoms with E-state index in [1.165, 1.54) is 38.5 Å². The first kappa shape index (κ1) is 10.8. The summed E-state index contributed by atoms with van der Waals surface area (Å²) in [5, 5.41) is 0. The van der Waals surface area contributed by atoms with E-state index in [4.69, 9.17) is 0 Å². The minimum atomic E-state index is 0.881. The third-order valence-corrected chi connectivity index (χ3v) is 2.99. The molecule has 76 valence electrons. The van der Waals surface area contributed by atoms with Crippen LogP contribution < -0.4 is 0 Å². The molecule has 0 saturated heterocycles. The second-order valence-corrected chi connectivity index (χ2v) is 4.88. The fourth-order valence-electron chi connectivity index (χ4n) is 2.37. The summed E-state index contributed by atoms with van der Waals surface area (Å²) >= 11 is 0. The van der Waals surface area contributed by atoms with Crippen LogP contribution in [-0.2, 0) is 0 Å². The highest BCUT2D eigenvalue weighted by molar-refractivity contribution is 5.06. The molecule has 1 aliphatic rings. The van der Waals surface area contributed by atoms with Gasteiger partial charge in [-0.25, -0.2) is 0 Å². The fraction of sp³-hybridized carbons (Fsp3) is 0.846. The van der Waals surface area contributed by atoms with E-state index in [0.717, 1.165) is 11.8 Å². The van der Waals surface area contributed by atoms with Crippen molar-refractivity contribution in [2.45, 2.75) is 59.3 Å². The molecular formula is C13H24. The van der Waals surface area contributed by atoms with Crippen molar-refractivity contribution in [3.63, 3.8) is 0 Å². The number of hydrogen-bond acceptors (Lipinski definition) is 0. The Morgan fingerprint density at radius 2 is 2.23 bits per heavy atom. The number of hydrogen-bond donors (Lipinski definition) is 0. The van der Waals surface area contributed by atoms with E-state index in [1.807, 2.05) is 0 Å². The smallest absolute Gasteiger partial charge is 0.0318 e. The van der Waals surface area contributed by atoms with Gasteiger partial charge in [0.1, 0.15) is 0 Å². The lowest BCUT2D eigenvalue weighted by molar-refractivity contribution is 0.374. The predicted molar refractivity (Wildman–Crippen MR) is 59.8 cm³/mol. The van der Waals surface area contributed by atoms with E-state index in [1.54, 1.807) is 5.57 Å². The van der Waals surface area contributed by atoms with Gasteiger partial charge in [0.2, 0.25) is 0 Å². The van der Waals surface area contributed by atoms with Gasteiger partial charge in [0.25, 0.3) is 0 Å². The van der Waals surface area contributed by atoms with Crippen LogP contribution in [0.2, 0.25) is 0 Å². The highest BCUT2D eigenvalue weighted by Crippen LogP contribution is 2.30. The quantitative estimate of drug-likeness (QED) is 0.556. The summed E-state index contributed by atoms with van der Waals surface area (Å²) in [6, 6.07) is 0. The van der Waals surface area contributed by atoms with Gasteiger partial charge in [-0.3, -0.25) is 0 Å². The zero-order valence-corrected chi connectivity index (χ0v) is 9.47. The molecule has 0 bridgehead atoms. The number of rotatable bonds is 4. The maximum Gasteiger partial charge on any atom is -0.0318 e. The van der Waals surface area contributed by atoms with Gasteiger partial charge in [-0.1, -0.05) is 38.8 Å². The van der Waals surface area contributed by atoms with Gasteiger partial charge in [0.05, 0.1) is 0 Å². The van der Waals surface area contributed by atoms with E-state index in [-0.39, 0.29) is 0 Å². The van der Waals surface area contributed by atoms with Crippen LogP contribution in [0, 0.1) is 11.8 Å². The Morgan fingerprint density at radius 1 is 1.46 bits per heavy atom. The largest absolute Gasteiger partial charge is 0.0851 e. The van der Waals surface area contributed by atoms with Crippen molar-refractivity contribution in [2.75, 3.05) is 0 Å². The zero-order chi connectivity index (χ0) is 9.68. The van der Waals surface area contributed by atoms with Gasteiger partial charge in [-0.2, -0.15) is 0 Å². The Balaban J connectivity index is 2.28. The van der Waals surface area contributed by atoms with Crippen molar-refractivity contribution >= 4 is 0 Å². The van der Waals surface area contributed by atoms with Gasteiger partial charge in [0, 0.05) is 0 Å². The molecule has 1 unspecified atom stereocenters. The first-order valence-electron chi connectivity index (χ1n) is 5.90. The molecule has 0 radical (unpaired) electrons. The van der Waals surface area contributed by atoms with Crippen LogP contribution in [0.3, 0.4) is 0 Å². The highest BCUT2D eigenvalue weighted by Gasteiger charge is 2.14. The molecule has 0 heteroatoms. The second kappa shape index (κ2) is 5.47. The van der Waals surface area contributed by atoms with E-state index in [2.05, 4.69) is 26.8 Å². The molecule has 0 aromatic carbocycles. The van der Waals surface area contributed by atoms with Crippen molar-refractivity contribution in [2.24, 2.45) is 11.8 Å². The van der Waals surface area contributed by atoms with Gasteiger partial charge in [0.15, 0.2) is 0 Å². The molecule has 0 aromatic rings. The Kier molecular flexibility index (Phi) is 4.55. The average molecular weight is 180 g/mol. The lowest BCUT2D eigenvalue weighted by Gasteiger charge is -2.23. The Hall–Kier alpha value is -0.260. The van der Waals surface area contributed by atoms with Gasteiger partial charge in [-0.05, 0) is 43.9 Å². The monoisotopic (exact) mass is 180 g/mol. The molecule has 0 aromatic heterocycles. The first-order chi connectivity index (χ1) is 6.22. The standard InChI is InChI=1S/C13H24/c1-4-5-12-6-8-13(9-7-12)10-11(2)3/h6,11,13H,4-5,7-10H2,1-3H3. The minimum absolute atomic E-state index is 0.881. The van der Waals surface area contributed by atoms with Crippen LogP contribution in [-0.4, -0.2) is 0 Å². The van der Waals surface area contributed by atoms with Crippen LogP contribution in [0.1, 0.15) is 59.3 Å². The zero-order valence-electron chi connectivity index (χ0n) is 9.47. The molecule has 13 heavy (non-hydrogen) atoms. The second-order valence-electron chi connectivity index (χ2n) is 4.88. The third-order valence-electron chi connectivity index (χ3n) is 2.99. The van der Waals surface area contributed by atoms with Crippen molar-refractivity contribution in [3.05, 3.63) is 11.6 Å². The molecule has 0 fully saturated rings. The van der Waals surface area contributed by atoms with Gasteiger partial charge in [-0.15, -0.1) is 0 Å². The summed E-state index contributed by atoms with van der Waals surface area (Å²) in [4.78, 5) is 0. The average Bonchev–Trinajstić information content (AvgIpc) is 2.08. The van der Waals surface area contributed by atoms with Crippen molar-refractivity contribution in [1.29, 1.82) is 0 Å². The summed E-state index contributed by atoms with van der Waals surface area (Å²) in [6.07, 6.45) is 10.8. The Morgan fingerprint density at radius 3 is 2.69 bits per heavy atom. The minimum Gasteiger partial charge on any atom is -0.0851 e. The van der Waals surface area contributed by atoms with E-state index in [9.17, 15) is 0 Å². The first-order valence-corrected chi connectivity index (χ1v) is 5.90. The van der Waals surface area contributed by atoms with E-state index in [0.29, 0.717) is 0 Å². The van der Waals surface area contributed by atoms with Crippen LogP contribution in [0.15, 0.2) is 11.6 Å². The molecule has 0 amide bonds. The van der Waals surface area contributed by atoms with Crippen LogP contribution in [0.25, 0.3) is 0 Å². The highest BCUT2D eigenvalue weighted by atomic mass is 14.2. The normalized spacial score (nSPS) is 23.4. The molecule has 1 atom stereocenters. The fourth-order valence-corrected chi connectivity index (χ4v) is 2.37. The van der Waals surface area contributed by atoms with Crippen molar-refractivity contribution in [1.82, 2.24) is 0 Å².